The van der Waals surface area contributed by atoms with E-state index in [4.69, 9.17) is 0 Å². The molecule has 0 atom stereocenters. The number of fused-ring (bicyclic) bond motifs is 2. The molecule has 0 aromatic heterocycles. The first-order valence-corrected chi connectivity index (χ1v) is 18.3. The molecule has 15 nitrogen and oxygen atoms in total. The molecule has 294 valence electrons. The van der Waals surface area contributed by atoms with Crippen LogP contribution in [-0.2, 0) is 6.42 Å². The van der Waals surface area contributed by atoms with E-state index >= 15 is 0 Å². The number of rotatable bonds is 10. The van der Waals surface area contributed by atoms with Gasteiger partial charge < -0.3 is 5.32 Å². The van der Waals surface area contributed by atoms with Crippen molar-refractivity contribution >= 4 is 63.8 Å². The van der Waals surface area contributed by atoms with Gasteiger partial charge in [-0.2, -0.15) is 0 Å². The van der Waals surface area contributed by atoms with Crippen LogP contribution in [0.5, 0.6) is 0 Å². The Morgan fingerprint density at radius 2 is 0.933 bits per heavy atom. The molecule has 1 N–H and O–H groups in total. The quantitative estimate of drug-likeness (QED) is 0.0610. The molecule has 6 aromatic rings. The van der Waals surface area contributed by atoms with E-state index in [1.54, 1.807) is 36.4 Å². The molecule has 2 heterocycles. The number of amides is 5. The van der Waals surface area contributed by atoms with Crippen molar-refractivity contribution in [2.45, 2.75) is 20.3 Å². The highest BCUT2D eigenvalue weighted by molar-refractivity contribution is 6.35. The van der Waals surface area contributed by atoms with E-state index in [9.17, 15) is 49.0 Å². The minimum absolute atomic E-state index is 0.0442. The van der Waals surface area contributed by atoms with Crippen LogP contribution in [0, 0.1) is 34.1 Å². The van der Waals surface area contributed by atoms with Gasteiger partial charge in [-0.15, -0.1) is 0 Å². The second-order valence-electron chi connectivity index (χ2n) is 14.2. The average molecular weight is 800 g/mol. The van der Waals surface area contributed by atoms with Gasteiger partial charge in [0.1, 0.15) is 0 Å². The summed E-state index contributed by atoms with van der Waals surface area (Å²) < 4.78 is 0. The van der Waals surface area contributed by atoms with Crippen LogP contribution in [0.25, 0.3) is 11.1 Å². The second kappa shape index (κ2) is 14.8. The number of nitro groups is 2. The van der Waals surface area contributed by atoms with E-state index in [-0.39, 0.29) is 57.0 Å². The smallest absolute Gasteiger partial charge is 0.269 e. The number of Topliss-reactive ketones (excluding diaryl/α,β-unsaturated/α-hetero) is 1. The van der Waals surface area contributed by atoms with E-state index in [1.165, 1.54) is 84.9 Å². The largest absolute Gasteiger partial charge is 0.322 e. The van der Waals surface area contributed by atoms with Crippen molar-refractivity contribution < 1.29 is 38.6 Å². The Morgan fingerprint density at radius 3 is 1.40 bits per heavy atom. The number of aryl methyl sites for hydroxylation is 2. The Morgan fingerprint density at radius 1 is 0.517 bits per heavy atom. The minimum atomic E-state index is -0.616. The van der Waals surface area contributed by atoms with Crippen LogP contribution in [-0.4, -0.2) is 45.2 Å². The SMILES string of the molecule is Cc1cc(N2C(=O)c3ccc(C(=O)Cc4ccc([N+](=O)[O-])cc4)cc3C2=O)ccc1-c1ccc(N2C(=O)c3ccc(C(=O)Nc4ccc([N+](=O)[O-])cc4)cc3C2=O)cc1C. The van der Waals surface area contributed by atoms with E-state index < -0.39 is 39.4 Å². The Balaban J connectivity index is 0.975. The van der Waals surface area contributed by atoms with Crippen molar-refractivity contribution in [1.82, 2.24) is 0 Å². The van der Waals surface area contributed by atoms with Crippen LogP contribution in [0.4, 0.5) is 28.4 Å². The first-order chi connectivity index (χ1) is 28.7. The first-order valence-electron chi connectivity index (χ1n) is 18.3. The molecule has 2 aliphatic rings. The molecule has 8 rings (SSSR count). The molecule has 0 bridgehead atoms. The topological polar surface area (TPSA) is 207 Å². The summed E-state index contributed by atoms with van der Waals surface area (Å²) in [4.78, 5) is 103. The van der Waals surface area contributed by atoms with Crippen LogP contribution in [0.2, 0.25) is 0 Å². The molecule has 2 aliphatic heterocycles. The number of nitrogens with one attached hydrogen (secondary N) is 1. The summed E-state index contributed by atoms with van der Waals surface area (Å²) in [6.45, 7) is 3.63. The second-order valence-corrected chi connectivity index (χ2v) is 14.2. The predicted octanol–water partition coefficient (Wildman–Crippen LogP) is 8.07. The lowest BCUT2D eigenvalue weighted by molar-refractivity contribution is -0.385. The average Bonchev–Trinajstić information content (AvgIpc) is 3.64. The van der Waals surface area contributed by atoms with Gasteiger partial charge in [-0.3, -0.25) is 49.0 Å². The number of anilines is 3. The van der Waals surface area contributed by atoms with Gasteiger partial charge in [0, 0.05) is 47.5 Å². The normalized spacial score (nSPS) is 13.0. The lowest BCUT2D eigenvalue weighted by Gasteiger charge is -2.19. The molecule has 60 heavy (non-hydrogen) atoms. The summed E-state index contributed by atoms with van der Waals surface area (Å²) in [5.74, 6) is -3.22. The van der Waals surface area contributed by atoms with Gasteiger partial charge in [0.15, 0.2) is 5.78 Å². The Hall–Kier alpha value is -8.46. The molecule has 0 saturated heterocycles. The third kappa shape index (κ3) is 6.75. The summed E-state index contributed by atoms with van der Waals surface area (Å²) in [6.07, 6.45) is -0.0574. The molecular weight excluding hydrogens is 771 g/mol. The monoisotopic (exact) mass is 799 g/mol. The third-order valence-electron chi connectivity index (χ3n) is 10.4. The van der Waals surface area contributed by atoms with Gasteiger partial charge in [0.05, 0.1) is 43.5 Å². The summed E-state index contributed by atoms with van der Waals surface area (Å²) >= 11 is 0. The van der Waals surface area contributed by atoms with Gasteiger partial charge in [-0.05, 0) is 108 Å². The molecule has 0 radical (unpaired) electrons. The van der Waals surface area contributed by atoms with Gasteiger partial charge in [0.2, 0.25) is 0 Å². The van der Waals surface area contributed by atoms with E-state index in [0.717, 1.165) is 32.1 Å². The summed E-state index contributed by atoms with van der Waals surface area (Å²) in [5.41, 5.74) is 4.96. The molecule has 0 fully saturated rings. The minimum Gasteiger partial charge on any atom is -0.322 e. The number of carbonyl (C=O) groups is 6. The molecule has 5 amide bonds. The highest BCUT2D eigenvalue weighted by Gasteiger charge is 2.39. The fourth-order valence-electron chi connectivity index (χ4n) is 7.34. The molecule has 15 heteroatoms. The maximum absolute atomic E-state index is 13.6. The van der Waals surface area contributed by atoms with Crippen molar-refractivity contribution in [3.63, 3.8) is 0 Å². The number of carbonyl (C=O) groups excluding carboxylic acids is 6. The van der Waals surface area contributed by atoms with Crippen LogP contribution in [0.15, 0.2) is 121 Å². The van der Waals surface area contributed by atoms with Crippen molar-refractivity contribution in [2.75, 3.05) is 15.1 Å². The Labute approximate surface area is 339 Å². The van der Waals surface area contributed by atoms with Crippen molar-refractivity contribution in [3.05, 3.63) is 192 Å². The van der Waals surface area contributed by atoms with Crippen molar-refractivity contribution in [1.29, 1.82) is 0 Å². The zero-order valence-corrected chi connectivity index (χ0v) is 31.6. The summed E-state index contributed by atoms with van der Waals surface area (Å²) in [5, 5.41) is 24.6. The lowest BCUT2D eigenvalue weighted by atomic mass is 9.95. The standard InChI is InChI=1S/C45H29N5O10/c1-24-19-32(47-42(53)36-15-5-27(22-38(36)44(47)55)40(51)21-26-3-9-30(10-4-26)49(57)58)13-17-34(24)35-18-14-33(20-25(35)2)48-43(54)37-16-6-28(23-39(37)45(48)56)41(52)46-29-7-11-31(12-8-29)50(59)60/h3-20,22-23H,21H2,1-2H3,(H,46,52). The highest BCUT2D eigenvalue weighted by Crippen LogP contribution is 2.37. The summed E-state index contributed by atoms with van der Waals surface area (Å²) in [7, 11) is 0. The fourth-order valence-corrected chi connectivity index (χ4v) is 7.34. The van der Waals surface area contributed by atoms with Crippen LogP contribution < -0.4 is 15.1 Å². The first kappa shape index (κ1) is 38.4. The summed E-state index contributed by atoms with van der Waals surface area (Å²) in [6, 6.07) is 29.5. The van der Waals surface area contributed by atoms with Gasteiger partial charge in [-0.25, -0.2) is 9.80 Å². The number of hydrogen-bond acceptors (Lipinski definition) is 10. The Kier molecular flexibility index (Phi) is 9.48. The maximum atomic E-state index is 13.6. The molecule has 0 saturated carbocycles. The van der Waals surface area contributed by atoms with E-state index in [0.29, 0.717) is 22.6 Å². The van der Waals surface area contributed by atoms with Gasteiger partial charge >= 0.3 is 0 Å². The number of non-ortho nitro benzene ring substituents is 2. The molecule has 0 unspecified atom stereocenters. The van der Waals surface area contributed by atoms with Gasteiger partial charge in [0.25, 0.3) is 40.9 Å². The predicted molar refractivity (Wildman–Crippen MR) is 219 cm³/mol. The van der Waals surface area contributed by atoms with Crippen LogP contribution >= 0.6 is 0 Å². The van der Waals surface area contributed by atoms with Crippen molar-refractivity contribution in [2.24, 2.45) is 0 Å². The molecule has 0 aliphatic carbocycles. The number of benzene rings is 6. The zero-order chi connectivity index (χ0) is 42.6. The number of hydrogen-bond donors (Lipinski definition) is 1. The fraction of sp³-hybridized carbons (Fsp3) is 0.0667. The Bertz CT molecular complexity index is 2720. The number of ketones is 1. The number of imide groups is 2. The lowest BCUT2D eigenvalue weighted by Crippen LogP contribution is -2.29. The maximum Gasteiger partial charge on any atom is 0.269 e. The van der Waals surface area contributed by atoms with E-state index in [2.05, 4.69) is 5.32 Å². The number of nitro benzene ring substituents is 2. The number of nitrogens with zero attached hydrogens (tertiary/aromatic N) is 4. The molecular formula is C45H29N5O10. The highest BCUT2D eigenvalue weighted by atomic mass is 16.6. The zero-order valence-electron chi connectivity index (χ0n) is 31.6. The van der Waals surface area contributed by atoms with E-state index in [1.807, 2.05) is 13.8 Å². The van der Waals surface area contributed by atoms with Crippen LogP contribution in [0.3, 0.4) is 0 Å². The third-order valence-corrected chi connectivity index (χ3v) is 10.4. The van der Waals surface area contributed by atoms with Crippen molar-refractivity contribution in [3.8, 4) is 11.1 Å². The van der Waals surface area contributed by atoms with Crippen LogP contribution in [0.1, 0.15) is 78.8 Å². The van der Waals surface area contributed by atoms with Gasteiger partial charge in [-0.1, -0.05) is 30.3 Å². The molecule has 0 spiro atoms. The molecule has 6 aromatic carbocycles.